The molecule has 0 saturated carbocycles. The van der Waals surface area contributed by atoms with Gasteiger partial charge in [0.2, 0.25) is 0 Å². The first-order valence-electron chi connectivity index (χ1n) is 8.92. The van der Waals surface area contributed by atoms with Gasteiger partial charge < -0.3 is 10.6 Å². The average molecular weight is 397 g/mol. The Morgan fingerprint density at radius 2 is 1.00 bits per heavy atom. The second-order valence-electron chi connectivity index (χ2n) is 6.04. The maximum atomic E-state index is 11.5. The molecule has 2 N–H and O–H groups in total. The summed E-state index contributed by atoms with van der Waals surface area (Å²) in [6, 6.07) is 0. The Hall–Kier alpha value is -2.13. The first-order chi connectivity index (χ1) is 12.3. The van der Waals surface area contributed by atoms with Crippen molar-refractivity contribution in [3.63, 3.8) is 0 Å². The fourth-order valence-corrected chi connectivity index (χ4v) is 2.55. The zero-order valence-electron chi connectivity index (χ0n) is 14.9. The van der Waals surface area contributed by atoms with Crippen molar-refractivity contribution >= 4 is 11.6 Å². The van der Waals surface area contributed by atoms with Gasteiger partial charge in [0.15, 0.2) is 11.6 Å². The van der Waals surface area contributed by atoms with Crippen LogP contribution in [0.2, 0.25) is 0 Å². The molecule has 2 aliphatic carbocycles. The largest absolute Gasteiger partial charge is 0.390 e. The monoisotopic (exact) mass is 396 g/mol. The molecule has 0 saturated heterocycles. The number of carbonyl (C=O) groups is 2. The molecular formula is C21H26N2NiO2. The summed E-state index contributed by atoms with van der Waals surface area (Å²) in [5.41, 5.74) is 1.42. The number of unbranched alkanes of at least 4 members (excludes halogenated alkanes) is 4. The minimum Gasteiger partial charge on any atom is -0.390 e. The van der Waals surface area contributed by atoms with Crippen molar-refractivity contribution in [1.29, 1.82) is 0 Å². The van der Waals surface area contributed by atoms with E-state index < -0.39 is 0 Å². The minimum atomic E-state index is 0. The molecule has 0 aromatic carbocycles. The van der Waals surface area contributed by atoms with Crippen molar-refractivity contribution in [2.75, 3.05) is 13.1 Å². The predicted molar refractivity (Wildman–Crippen MR) is 102 cm³/mol. The Balaban J connectivity index is 0.00000338. The molecule has 0 atom stereocenters. The van der Waals surface area contributed by atoms with E-state index in [4.69, 9.17) is 0 Å². The van der Waals surface area contributed by atoms with Gasteiger partial charge in [-0.05, 0) is 37.1 Å². The smallest absolute Gasteiger partial charge is 0.187 e. The van der Waals surface area contributed by atoms with E-state index in [-0.39, 0.29) is 28.1 Å². The van der Waals surface area contributed by atoms with Gasteiger partial charge in [0, 0.05) is 53.1 Å². The first-order valence-corrected chi connectivity index (χ1v) is 8.92. The van der Waals surface area contributed by atoms with Crippen molar-refractivity contribution in [3.05, 3.63) is 72.2 Å². The van der Waals surface area contributed by atoms with Crippen molar-refractivity contribution in [1.82, 2.24) is 10.6 Å². The molecule has 0 fully saturated rings. The Morgan fingerprint density at radius 1 is 0.615 bits per heavy atom. The summed E-state index contributed by atoms with van der Waals surface area (Å²) >= 11 is 0. The van der Waals surface area contributed by atoms with Crippen molar-refractivity contribution in [3.8, 4) is 0 Å². The molecule has 4 nitrogen and oxygen atoms in total. The number of hydrogen-bond donors (Lipinski definition) is 2. The van der Waals surface area contributed by atoms with Crippen molar-refractivity contribution in [2.24, 2.45) is 0 Å². The van der Waals surface area contributed by atoms with E-state index in [9.17, 15) is 9.59 Å². The van der Waals surface area contributed by atoms with E-state index in [2.05, 4.69) is 10.6 Å². The summed E-state index contributed by atoms with van der Waals surface area (Å²) in [7, 11) is 0. The molecule has 26 heavy (non-hydrogen) atoms. The van der Waals surface area contributed by atoms with Crippen LogP contribution >= 0.6 is 0 Å². The third-order valence-corrected chi connectivity index (χ3v) is 4.00. The zero-order chi connectivity index (χ0) is 17.7. The molecule has 0 unspecified atom stereocenters. The molecule has 0 heterocycles. The van der Waals surface area contributed by atoms with Gasteiger partial charge in [-0.3, -0.25) is 9.59 Å². The van der Waals surface area contributed by atoms with E-state index in [1.54, 1.807) is 36.7 Å². The van der Waals surface area contributed by atoms with E-state index in [0.717, 1.165) is 25.9 Å². The average Bonchev–Trinajstić information content (AvgIpc) is 2.62. The molecule has 0 spiro atoms. The molecule has 0 aliphatic heterocycles. The van der Waals surface area contributed by atoms with Gasteiger partial charge in [0.05, 0.1) is 0 Å². The van der Waals surface area contributed by atoms with Gasteiger partial charge in [-0.25, -0.2) is 0 Å². The van der Waals surface area contributed by atoms with Crippen molar-refractivity contribution < 1.29 is 26.1 Å². The van der Waals surface area contributed by atoms with Gasteiger partial charge in [-0.1, -0.05) is 43.6 Å². The van der Waals surface area contributed by atoms with Crippen LogP contribution in [0, 0.1) is 0 Å². The van der Waals surface area contributed by atoms with E-state index in [0.29, 0.717) is 11.1 Å². The number of rotatable bonds is 10. The van der Waals surface area contributed by atoms with Gasteiger partial charge >= 0.3 is 0 Å². The number of hydrogen-bond acceptors (Lipinski definition) is 4. The molecule has 0 bridgehead atoms. The van der Waals surface area contributed by atoms with Crippen LogP contribution in [-0.2, 0) is 26.1 Å². The second kappa shape index (κ2) is 13.1. The summed E-state index contributed by atoms with van der Waals surface area (Å²) in [4.78, 5) is 23.0. The zero-order valence-corrected chi connectivity index (χ0v) is 15.8. The Morgan fingerprint density at radius 3 is 1.42 bits per heavy atom. The maximum absolute atomic E-state index is 11.5. The van der Waals surface area contributed by atoms with Crippen LogP contribution in [0.15, 0.2) is 72.2 Å². The van der Waals surface area contributed by atoms with Crippen LogP contribution in [0.25, 0.3) is 0 Å². The topological polar surface area (TPSA) is 58.2 Å². The summed E-state index contributed by atoms with van der Waals surface area (Å²) in [6.45, 7) is 1.78. The summed E-state index contributed by atoms with van der Waals surface area (Å²) < 4.78 is 0. The molecule has 0 amide bonds. The second-order valence-corrected chi connectivity index (χ2v) is 6.04. The normalized spacial score (nSPS) is 18.5. The molecule has 2 aliphatic rings. The van der Waals surface area contributed by atoms with Crippen LogP contribution in [0.1, 0.15) is 32.1 Å². The standard InChI is InChI=1S/C21H26N2O2.Ni/c24-20-12-6-4-10-18(20)16-22-14-8-2-1-3-9-15-23-17-19-11-5-7-13-21(19)25;/h4-7,10-13,16-17,22-23H,1-3,8-9,14-15H2;/b18-16-,19-17-;. The van der Waals surface area contributed by atoms with E-state index in [1.807, 2.05) is 24.3 Å². The Bertz CT molecular complexity index is 599. The number of carbonyl (C=O) groups excluding carboxylic acids is 2. The van der Waals surface area contributed by atoms with Crippen LogP contribution in [0.4, 0.5) is 0 Å². The van der Waals surface area contributed by atoms with Crippen LogP contribution in [0.3, 0.4) is 0 Å². The minimum absolute atomic E-state index is 0. The quantitative estimate of drug-likeness (QED) is 0.338. The Labute approximate surface area is 165 Å². The van der Waals surface area contributed by atoms with Crippen LogP contribution < -0.4 is 10.6 Å². The molecule has 0 aromatic heterocycles. The SMILES string of the molecule is O=C1C=CC=C/C1=C/NCCCCCCCN/C=C1/C=CC=CC1=O.[Ni]. The predicted octanol–water partition coefficient (Wildman–Crippen LogP) is 3.27. The van der Waals surface area contributed by atoms with Crippen LogP contribution in [0.5, 0.6) is 0 Å². The summed E-state index contributed by atoms with van der Waals surface area (Å²) in [5.74, 6) is 0.109. The van der Waals surface area contributed by atoms with Crippen LogP contribution in [-0.4, -0.2) is 24.7 Å². The number of nitrogens with one attached hydrogen (secondary N) is 2. The van der Waals surface area contributed by atoms with E-state index in [1.165, 1.54) is 19.3 Å². The number of ketones is 2. The third kappa shape index (κ3) is 8.31. The molecule has 0 aromatic rings. The van der Waals surface area contributed by atoms with Gasteiger partial charge in [-0.15, -0.1) is 0 Å². The van der Waals surface area contributed by atoms with Crippen molar-refractivity contribution in [2.45, 2.75) is 32.1 Å². The Kier molecular flexibility index (Phi) is 11.1. The van der Waals surface area contributed by atoms with Gasteiger partial charge in [0.1, 0.15) is 0 Å². The van der Waals surface area contributed by atoms with Gasteiger partial charge in [0.25, 0.3) is 0 Å². The molecule has 5 heteroatoms. The van der Waals surface area contributed by atoms with Gasteiger partial charge in [-0.2, -0.15) is 0 Å². The molecule has 2 rings (SSSR count). The molecular weight excluding hydrogens is 371 g/mol. The third-order valence-electron chi connectivity index (χ3n) is 4.00. The summed E-state index contributed by atoms with van der Waals surface area (Å²) in [5, 5.41) is 6.41. The maximum Gasteiger partial charge on any atom is 0.187 e. The van der Waals surface area contributed by atoms with E-state index >= 15 is 0 Å². The fourth-order valence-electron chi connectivity index (χ4n) is 2.55. The molecule has 0 radical (unpaired) electrons. The first kappa shape index (κ1) is 21.9. The summed E-state index contributed by atoms with van der Waals surface area (Å²) in [6.07, 6.45) is 23.4. The number of allylic oxidation sites excluding steroid dienone is 10. The molecule has 142 valence electrons. The fraction of sp³-hybridized carbons (Fsp3) is 0.333.